The van der Waals surface area contributed by atoms with Crippen LogP contribution in [-0.2, 0) is 14.4 Å². The smallest absolute Gasteiger partial charge is 0.334 e. The molecule has 2 rings (SSSR count). The number of hydrogen-bond donors (Lipinski definition) is 1. The van der Waals surface area contributed by atoms with E-state index in [1.807, 2.05) is 0 Å². The van der Waals surface area contributed by atoms with E-state index in [1.165, 1.54) is 0 Å². The molecule has 1 aliphatic carbocycles. The Bertz CT molecular complexity index is 505. The monoisotopic (exact) mass is 309 g/mol. The lowest BCUT2D eigenvalue weighted by Crippen LogP contribution is -2.48. The van der Waals surface area contributed by atoms with Crippen LogP contribution in [0.4, 0.5) is 4.79 Å². The Balaban J connectivity index is 1.96. The highest BCUT2D eigenvalue weighted by Crippen LogP contribution is 2.29. The summed E-state index contributed by atoms with van der Waals surface area (Å²) < 4.78 is 0. The first-order chi connectivity index (χ1) is 10.4. The molecule has 0 unspecified atom stereocenters. The summed E-state index contributed by atoms with van der Waals surface area (Å²) >= 11 is 0. The molecule has 0 aromatic heterocycles. The van der Waals surface area contributed by atoms with Crippen molar-refractivity contribution in [2.75, 3.05) is 13.1 Å². The van der Waals surface area contributed by atoms with E-state index in [9.17, 15) is 19.2 Å². The molecule has 22 heavy (non-hydrogen) atoms. The van der Waals surface area contributed by atoms with E-state index in [4.69, 9.17) is 0 Å². The van der Waals surface area contributed by atoms with Gasteiger partial charge in [-0.1, -0.05) is 26.7 Å². The first-order valence-corrected chi connectivity index (χ1v) is 7.83. The maximum absolute atomic E-state index is 12.1. The van der Waals surface area contributed by atoms with Crippen LogP contribution in [0.1, 0.15) is 40.0 Å². The second kappa shape index (κ2) is 6.46. The van der Waals surface area contributed by atoms with Crippen molar-refractivity contribution in [3.8, 4) is 0 Å². The Labute approximate surface area is 130 Å². The molecular weight excluding hydrogens is 286 g/mol. The molecule has 7 nitrogen and oxygen atoms in total. The quantitative estimate of drug-likeness (QED) is 0.613. The zero-order chi connectivity index (χ0) is 16.4. The summed E-state index contributed by atoms with van der Waals surface area (Å²) in [5.41, 5.74) is 0. The maximum atomic E-state index is 12.1. The molecule has 1 heterocycles. The Morgan fingerprint density at radius 2 is 1.77 bits per heavy atom. The van der Waals surface area contributed by atoms with E-state index < -0.39 is 30.3 Å². The van der Waals surface area contributed by atoms with E-state index in [0.29, 0.717) is 11.8 Å². The second-order valence-electron chi connectivity index (χ2n) is 6.16. The predicted octanol–water partition coefficient (Wildman–Crippen LogP) is 0.738. The van der Waals surface area contributed by atoms with Gasteiger partial charge in [-0.2, -0.15) is 0 Å². The molecule has 7 heteroatoms. The number of nitrogens with one attached hydrogen (secondary N) is 1. The first kappa shape index (κ1) is 16.5. The van der Waals surface area contributed by atoms with E-state index in [2.05, 4.69) is 19.2 Å². The summed E-state index contributed by atoms with van der Waals surface area (Å²) in [7, 11) is 0. The molecule has 2 aliphatic rings. The molecule has 0 aromatic carbocycles. The summed E-state index contributed by atoms with van der Waals surface area (Å²) in [6, 6.07) is -0.653. The number of rotatable bonds is 4. The van der Waals surface area contributed by atoms with Crippen LogP contribution in [0.25, 0.3) is 0 Å². The highest BCUT2D eigenvalue weighted by molar-refractivity contribution is 6.45. The van der Waals surface area contributed by atoms with Crippen LogP contribution < -0.4 is 5.32 Å². The summed E-state index contributed by atoms with van der Waals surface area (Å²) in [5.74, 6) is -1.28. The molecule has 5 amide bonds. The maximum Gasteiger partial charge on any atom is 0.334 e. The summed E-state index contributed by atoms with van der Waals surface area (Å²) in [5, 5.41) is 2.90. The Hall–Kier alpha value is -1.92. The molecular formula is C15H23N3O4. The molecule has 0 aromatic rings. The third kappa shape index (κ3) is 2.98. The number of urea groups is 1. The van der Waals surface area contributed by atoms with Gasteiger partial charge in [-0.15, -0.1) is 0 Å². The molecule has 3 atom stereocenters. The van der Waals surface area contributed by atoms with Crippen molar-refractivity contribution in [3.63, 3.8) is 0 Å². The molecule has 0 spiro atoms. The summed E-state index contributed by atoms with van der Waals surface area (Å²) in [4.78, 5) is 49.0. The van der Waals surface area contributed by atoms with Crippen molar-refractivity contribution < 1.29 is 19.2 Å². The first-order valence-electron chi connectivity index (χ1n) is 7.83. The molecule has 2 fully saturated rings. The van der Waals surface area contributed by atoms with Gasteiger partial charge in [0, 0.05) is 12.6 Å². The van der Waals surface area contributed by atoms with Crippen LogP contribution >= 0.6 is 0 Å². The highest BCUT2D eigenvalue weighted by Gasteiger charge is 2.44. The number of amides is 5. The van der Waals surface area contributed by atoms with Gasteiger partial charge in [-0.05, 0) is 25.2 Å². The molecule has 122 valence electrons. The van der Waals surface area contributed by atoms with Gasteiger partial charge < -0.3 is 5.32 Å². The zero-order valence-corrected chi connectivity index (χ0v) is 13.3. The van der Waals surface area contributed by atoms with Crippen molar-refractivity contribution in [1.29, 1.82) is 0 Å². The van der Waals surface area contributed by atoms with Gasteiger partial charge in [0.2, 0.25) is 5.91 Å². The number of carbonyl (C=O) groups is 4. The van der Waals surface area contributed by atoms with Gasteiger partial charge >= 0.3 is 17.8 Å². The highest BCUT2D eigenvalue weighted by atomic mass is 16.2. The van der Waals surface area contributed by atoms with E-state index in [-0.39, 0.29) is 12.6 Å². The molecule has 1 aliphatic heterocycles. The number of nitrogens with zero attached hydrogens (tertiary/aromatic N) is 2. The largest absolute Gasteiger partial charge is 0.352 e. The van der Waals surface area contributed by atoms with Gasteiger partial charge in [0.05, 0.1) is 0 Å². The normalized spacial score (nSPS) is 29.2. The average Bonchev–Trinajstić information content (AvgIpc) is 2.67. The summed E-state index contributed by atoms with van der Waals surface area (Å²) in [6.07, 6.45) is 3.11. The molecule has 1 N–H and O–H groups in total. The molecule has 0 radical (unpaired) electrons. The third-order valence-corrected chi connectivity index (χ3v) is 4.81. The topological polar surface area (TPSA) is 86.8 Å². The van der Waals surface area contributed by atoms with Crippen LogP contribution in [-0.4, -0.2) is 52.7 Å². The van der Waals surface area contributed by atoms with Crippen LogP contribution in [0.15, 0.2) is 0 Å². The summed E-state index contributed by atoms with van der Waals surface area (Å²) in [6.45, 7) is 5.60. The lowest BCUT2D eigenvalue weighted by Gasteiger charge is -2.34. The number of imide groups is 2. The minimum atomic E-state index is -0.924. The van der Waals surface area contributed by atoms with Gasteiger partial charge in [0.15, 0.2) is 0 Å². The fourth-order valence-corrected chi connectivity index (χ4v) is 3.15. The van der Waals surface area contributed by atoms with Gasteiger partial charge in [0.25, 0.3) is 0 Å². The van der Waals surface area contributed by atoms with E-state index in [1.54, 1.807) is 6.92 Å². The van der Waals surface area contributed by atoms with Crippen molar-refractivity contribution in [1.82, 2.24) is 15.1 Å². The molecule has 0 bridgehead atoms. The number of hydrogen-bond acceptors (Lipinski definition) is 4. The zero-order valence-electron chi connectivity index (χ0n) is 13.3. The number of carbonyl (C=O) groups excluding carboxylic acids is 4. The molecule has 1 saturated carbocycles. The van der Waals surface area contributed by atoms with Gasteiger partial charge in [-0.3, -0.25) is 19.3 Å². The van der Waals surface area contributed by atoms with Crippen LogP contribution in [0, 0.1) is 11.8 Å². The lowest BCUT2D eigenvalue weighted by atomic mass is 9.78. The fraction of sp³-hybridized carbons (Fsp3) is 0.733. The second-order valence-corrected chi connectivity index (χ2v) is 6.16. The van der Waals surface area contributed by atoms with Crippen molar-refractivity contribution in [3.05, 3.63) is 0 Å². The van der Waals surface area contributed by atoms with E-state index >= 15 is 0 Å². The SMILES string of the molecule is CCN1C(=O)C(=O)N(CC(=O)N[C@@H]2CCC[C@@H](C)[C@@H]2C)C1=O. The molecule has 1 saturated heterocycles. The van der Waals surface area contributed by atoms with E-state index in [0.717, 1.165) is 29.1 Å². The van der Waals surface area contributed by atoms with Crippen LogP contribution in [0.5, 0.6) is 0 Å². The van der Waals surface area contributed by atoms with Gasteiger partial charge in [-0.25, -0.2) is 9.69 Å². The van der Waals surface area contributed by atoms with Crippen LogP contribution in [0.3, 0.4) is 0 Å². The van der Waals surface area contributed by atoms with Crippen molar-refractivity contribution in [2.24, 2.45) is 11.8 Å². The van der Waals surface area contributed by atoms with Crippen molar-refractivity contribution in [2.45, 2.75) is 46.1 Å². The third-order valence-electron chi connectivity index (χ3n) is 4.81. The Kier molecular flexibility index (Phi) is 4.83. The van der Waals surface area contributed by atoms with Gasteiger partial charge in [0.1, 0.15) is 6.54 Å². The minimum Gasteiger partial charge on any atom is -0.352 e. The Morgan fingerprint density at radius 1 is 1.14 bits per heavy atom. The Morgan fingerprint density at radius 3 is 2.36 bits per heavy atom. The minimum absolute atomic E-state index is 0.0574. The average molecular weight is 309 g/mol. The standard InChI is InChI=1S/C15H23N3O4/c1-4-17-13(20)14(21)18(15(17)22)8-12(19)16-11-7-5-6-9(2)10(11)3/h9-11H,4-8H2,1-3H3,(H,16,19)/t9-,10+,11-/m1/s1. The lowest BCUT2D eigenvalue weighted by molar-refractivity contribution is -0.144. The fourth-order valence-electron chi connectivity index (χ4n) is 3.15. The van der Waals surface area contributed by atoms with Crippen molar-refractivity contribution >= 4 is 23.8 Å². The van der Waals surface area contributed by atoms with Crippen LogP contribution in [0.2, 0.25) is 0 Å². The number of likely N-dealkylation sites (N-methyl/N-ethyl adjacent to an activating group) is 1. The predicted molar refractivity (Wildman–Crippen MR) is 78.6 cm³/mol.